The molecule has 34 heavy (non-hydrogen) atoms. The molecule has 0 unspecified atom stereocenters. The average molecular weight is 493 g/mol. The van der Waals surface area contributed by atoms with Crippen LogP contribution in [0.3, 0.4) is 0 Å². The van der Waals surface area contributed by atoms with Crippen LogP contribution in [0.5, 0.6) is 0 Å². The minimum absolute atomic E-state index is 0.173. The zero-order valence-electron chi connectivity index (χ0n) is 18.7. The third kappa shape index (κ3) is 5.16. The first kappa shape index (κ1) is 24.0. The van der Waals surface area contributed by atoms with Crippen molar-refractivity contribution in [2.24, 2.45) is 5.92 Å². The summed E-state index contributed by atoms with van der Waals surface area (Å²) in [4.78, 5) is 20.8. The Hall–Kier alpha value is -3.14. The summed E-state index contributed by atoms with van der Waals surface area (Å²) in [6, 6.07) is 7.09. The van der Waals surface area contributed by atoms with Crippen LogP contribution in [0.25, 0.3) is 5.69 Å². The van der Waals surface area contributed by atoms with E-state index in [1.807, 2.05) is 6.92 Å². The van der Waals surface area contributed by atoms with Gasteiger partial charge in [-0.1, -0.05) is 18.5 Å². The lowest BCUT2D eigenvalue weighted by Crippen LogP contribution is -2.51. The molecule has 2 aromatic heterocycles. The number of alkyl halides is 3. The third-order valence-corrected chi connectivity index (χ3v) is 6.21. The van der Waals surface area contributed by atoms with Gasteiger partial charge in [0.25, 0.3) is 5.91 Å². The van der Waals surface area contributed by atoms with Crippen LogP contribution >= 0.6 is 11.6 Å². The predicted octanol–water partition coefficient (Wildman–Crippen LogP) is 5.00. The van der Waals surface area contributed by atoms with Gasteiger partial charge in [-0.2, -0.15) is 28.2 Å². The van der Waals surface area contributed by atoms with E-state index in [0.717, 1.165) is 25.1 Å². The van der Waals surface area contributed by atoms with E-state index in [4.69, 9.17) is 11.6 Å². The van der Waals surface area contributed by atoms with E-state index in [2.05, 4.69) is 27.4 Å². The smallest absolute Gasteiger partial charge is 0.368 e. The first-order chi connectivity index (χ1) is 16.1. The first-order valence-corrected chi connectivity index (χ1v) is 11.3. The molecule has 0 radical (unpaired) electrons. The molecule has 0 spiro atoms. The SMILES string of the molecule is Cc1cnn(-c2ccc(Cl)cc2C(=O)N2CCC[C@@H](C)[C@H]2CNc2ccc(C(F)(F)F)cn2)n1. The number of carbonyl (C=O) groups is 1. The Morgan fingerprint density at radius 2 is 2.03 bits per heavy atom. The molecule has 1 aliphatic rings. The Labute approximate surface area is 199 Å². The van der Waals surface area contributed by atoms with Crippen molar-refractivity contribution in [3.63, 3.8) is 0 Å². The van der Waals surface area contributed by atoms with Gasteiger partial charge in [0, 0.05) is 24.3 Å². The van der Waals surface area contributed by atoms with Gasteiger partial charge in [-0.05, 0) is 56.0 Å². The number of nitrogens with zero attached hydrogens (tertiary/aromatic N) is 5. The van der Waals surface area contributed by atoms with Crippen molar-refractivity contribution in [1.29, 1.82) is 0 Å². The largest absolute Gasteiger partial charge is 0.417 e. The van der Waals surface area contributed by atoms with Gasteiger partial charge >= 0.3 is 6.18 Å². The summed E-state index contributed by atoms with van der Waals surface area (Å²) in [7, 11) is 0. The number of anilines is 1. The number of benzene rings is 1. The number of rotatable bonds is 5. The monoisotopic (exact) mass is 492 g/mol. The van der Waals surface area contributed by atoms with E-state index < -0.39 is 11.7 Å². The first-order valence-electron chi connectivity index (χ1n) is 10.9. The number of aryl methyl sites for hydroxylation is 1. The summed E-state index contributed by atoms with van der Waals surface area (Å²) in [5.41, 5.74) is 0.814. The van der Waals surface area contributed by atoms with Gasteiger partial charge in [0.1, 0.15) is 5.82 Å². The highest BCUT2D eigenvalue weighted by Crippen LogP contribution is 2.30. The molecule has 7 nitrogen and oxygen atoms in total. The molecule has 0 aliphatic carbocycles. The summed E-state index contributed by atoms with van der Waals surface area (Å²) in [5, 5.41) is 12.1. The Kier molecular flexibility index (Phi) is 6.79. The molecular weight excluding hydrogens is 469 g/mol. The molecule has 0 bridgehead atoms. The zero-order chi connectivity index (χ0) is 24.5. The second-order valence-electron chi connectivity index (χ2n) is 8.43. The predicted molar refractivity (Wildman–Crippen MR) is 122 cm³/mol. The molecule has 1 fully saturated rings. The number of piperidine rings is 1. The molecule has 1 saturated heterocycles. The second-order valence-corrected chi connectivity index (χ2v) is 8.87. The quantitative estimate of drug-likeness (QED) is 0.542. The highest BCUT2D eigenvalue weighted by Gasteiger charge is 2.34. The summed E-state index contributed by atoms with van der Waals surface area (Å²) < 4.78 is 38.4. The highest BCUT2D eigenvalue weighted by molar-refractivity contribution is 6.31. The van der Waals surface area contributed by atoms with Gasteiger partial charge in [-0.25, -0.2) is 4.98 Å². The van der Waals surface area contributed by atoms with E-state index in [0.29, 0.717) is 40.9 Å². The number of pyridine rings is 1. The molecule has 3 heterocycles. The maximum atomic E-state index is 13.7. The number of amides is 1. The van der Waals surface area contributed by atoms with Crippen molar-refractivity contribution in [1.82, 2.24) is 24.9 Å². The Balaban J connectivity index is 1.57. The summed E-state index contributed by atoms with van der Waals surface area (Å²) in [6.45, 7) is 4.77. The van der Waals surface area contributed by atoms with Crippen LogP contribution in [-0.2, 0) is 6.18 Å². The third-order valence-electron chi connectivity index (χ3n) is 5.97. The van der Waals surface area contributed by atoms with Gasteiger partial charge in [0.15, 0.2) is 0 Å². The maximum Gasteiger partial charge on any atom is 0.417 e. The number of halogens is 4. The van der Waals surface area contributed by atoms with E-state index in [9.17, 15) is 18.0 Å². The van der Waals surface area contributed by atoms with Crippen molar-refractivity contribution in [3.05, 3.63) is 64.6 Å². The number of hydrogen-bond acceptors (Lipinski definition) is 5. The molecule has 1 aliphatic heterocycles. The fourth-order valence-corrected chi connectivity index (χ4v) is 4.32. The fraction of sp³-hybridized carbons (Fsp3) is 0.391. The van der Waals surface area contributed by atoms with Crippen LogP contribution < -0.4 is 5.32 Å². The Bertz CT molecular complexity index is 1160. The zero-order valence-corrected chi connectivity index (χ0v) is 19.4. The molecule has 11 heteroatoms. The molecule has 0 saturated carbocycles. The second kappa shape index (κ2) is 9.61. The van der Waals surface area contributed by atoms with E-state index in [1.54, 1.807) is 29.3 Å². The minimum atomic E-state index is -4.44. The average Bonchev–Trinajstić information content (AvgIpc) is 3.23. The minimum Gasteiger partial charge on any atom is -0.368 e. The normalized spacial score (nSPS) is 18.7. The van der Waals surface area contributed by atoms with E-state index >= 15 is 0 Å². The molecule has 180 valence electrons. The number of nitrogens with one attached hydrogen (secondary N) is 1. The fourth-order valence-electron chi connectivity index (χ4n) is 4.15. The van der Waals surface area contributed by atoms with Crippen LogP contribution in [-0.4, -0.2) is 49.9 Å². The van der Waals surface area contributed by atoms with Crippen LogP contribution in [0.15, 0.2) is 42.7 Å². The summed E-state index contributed by atoms with van der Waals surface area (Å²) in [6.07, 6.45) is -0.262. The van der Waals surface area contributed by atoms with Gasteiger partial charge in [0.2, 0.25) is 0 Å². The maximum absolute atomic E-state index is 13.7. The van der Waals surface area contributed by atoms with Crippen molar-refractivity contribution in [3.8, 4) is 5.69 Å². The number of hydrogen-bond donors (Lipinski definition) is 1. The lowest BCUT2D eigenvalue weighted by molar-refractivity contribution is -0.137. The lowest BCUT2D eigenvalue weighted by atomic mass is 9.90. The highest BCUT2D eigenvalue weighted by atomic mass is 35.5. The van der Waals surface area contributed by atoms with Gasteiger partial charge in [0.05, 0.1) is 34.7 Å². The summed E-state index contributed by atoms with van der Waals surface area (Å²) in [5.74, 6) is 0.288. The van der Waals surface area contributed by atoms with Gasteiger partial charge in [-0.15, -0.1) is 0 Å². The molecule has 3 aromatic rings. The Morgan fingerprint density at radius 3 is 2.68 bits per heavy atom. The number of carbonyl (C=O) groups excluding carboxylic acids is 1. The molecule has 1 N–H and O–H groups in total. The molecule has 1 amide bonds. The molecule has 2 atom stereocenters. The van der Waals surface area contributed by atoms with Crippen molar-refractivity contribution >= 4 is 23.3 Å². The van der Waals surface area contributed by atoms with E-state index in [1.165, 1.54) is 10.9 Å². The van der Waals surface area contributed by atoms with Crippen LogP contribution in [0, 0.1) is 12.8 Å². The van der Waals surface area contributed by atoms with Crippen molar-refractivity contribution in [2.45, 2.75) is 38.9 Å². The van der Waals surface area contributed by atoms with Gasteiger partial charge in [-0.3, -0.25) is 4.79 Å². The van der Waals surface area contributed by atoms with E-state index in [-0.39, 0.29) is 17.9 Å². The van der Waals surface area contributed by atoms with Gasteiger partial charge < -0.3 is 10.2 Å². The van der Waals surface area contributed by atoms with Crippen molar-refractivity contribution < 1.29 is 18.0 Å². The standard InChI is InChI=1S/C23H24ClF3N6O/c1-14-4-3-9-32(20(14)13-29-21-8-5-16(12-28-21)23(25,26)27)22(34)18-10-17(24)6-7-19(18)33-30-11-15(2)31-33/h5-8,10-12,14,20H,3-4,9,13H2,1-2H3,(H,28,29)/t14-,20-/m1/s1. The Morgan fingerprint density at radius 1 is 1.24 bits per heavy atom. The van der Waals surface area contributed by atoms with Crippen LogP contribution in [0.2, 0.25) is 5.02 Å². The van der Waals surface area contributed by atoms with Crippen molar-refractivity contribution in [2.75, 3.05) is 18.4 Å². The summed E-state index contributed by atoms with van der Waals surface area (Å²) >= 11 is 6.22. The number of aromatic nitrogens is 4. The lowest BCUT2D eigenvalue weighted by Gasteiger charge is -2.40. The molecule has 4 rings (SSSR count). The number of likely N-dealkylation sites (tertiary alicyclic amines) is 1. The molecule has 1 aromatic carbocycles. The topological polar surface area (TPSA) is 75.9 Å². The molecular formula is C23H24ClF3N6O. The van der Waals surface area contributed by atoms with Crippen LogP contribution in [0.4, 0.5) is 19.0 Å². The van der Waals surface area contributed by atoms with Crippen LogP contribution in [0.1, 0.15) is 41.4 Å².